The Balaban J connectivity index is 2.73. The average Bonchev–Trinajstić information content (AvgIpc) is 2.05. The number of rotatable bonds is 3. The minimum absolute atomic E-state index is 0.478. The van der Waals surface area contributed by atoms with Crippen molar-refractivity contribution in [3.05, 3.63) is 34.9 Å². The minimum atomic E-state index is -0.478. The first kappa shape index (κ1) is 9.52. The second-order valence-corrected chi connectivity index (χ2v) is 3.06. The first-order valence-corrected chi connectivity index (χ1v) is 4.20. The van der Waals surface area contributed by atoms with Crippen LogP contribution >= 0.6 is 11.6 Å². The maximum Gasteiger partial charge on any atom is 0.0914 e. The molecule has 0 saturated heterocycles. The molecule has 66 valence electrons. The van der Waals surface area contributed by atoms with Crippen molar-refractivity contribution >= 4 is 11.6 Å². The summed E-state index contributed by atoms with van der Waals surface area (Å²) in [6.45, 7) is 0.542. The van der Waals surface area contributed by atoms with Crippen LogP contribution in [0.4, 0.5) is 0 Å². The minimum Gasteiger partial charge on any atom is -0.387 e. The summed E-state index contributed by atoms with van der Waals surface area (Å²) in [5.74, 6) is 0. The number of nitrogens with one attached hydrogen (secondary N) is 1. The number of likely N-dealkylation sites (N-methyl/N-ethyl adjacent to an activating group) is 1. The highest BCUT2D eigenvalue weighted by atomic mass is 35.5. The highest BCUT2D eigenvalue weighted by Crippen LogP contribution is 2.16. The van der Waals surface area contributed by atoms with Crippen LogP contribution in [0, 0.1) is 0 Å². The first-order valence-electron chi connectivity index (χ1n) is 3.82. The molecule has 0 radical (unpaired) electrons. The lowest BCUT2D eigenvalue weighted by molar-refractivity contribution is 0.178. The summed E-state index contributed by atoms with van der Waals surface area (Å²) in [4.78, 5) is 0. The van der Waals surface area contributed by atoms with Gasteiger partial charge in [-0.25, -0.2) is 0 Å². The predicted octanol–water partition coefficient (Wildman–Crippen LogP) is 1.59. The number of aliphatic hydroxyl groups is 1. The molecular weight excluding hydrogens is 174 g/mol. The molecule has 2 N–H and O–H groups in total. The van der Waals surface area contributed by atoms with Gasteiger partial charge in [-0.3, -0.25) is 0 Å². The molecule has 12 heavy (non-hydrogen) atoms. The van der Waals surface area contributed by atoms with Crippen LogP contribution in [0.5, 0.6) is 0 Å². The van der Waals surface area contributed by atoms with Crippen LogP contribution in [-0.4, -0.2) is 18.7 Å². The van der Waals surface area contributed by atoms with Crippen LogP contribution in [0.2, 0.25) is 5.02 Å². The molecular formula is C9H12ClNO. The van der Waals surface area contributed by atoms with Gasteiger partial charge in [-0.15, -0.1) is 0 Å². The van der Waals surface area contributed by atoms with Crippen molar-refractivity contribution in [3.8, 4) is 0 Å². The van der Waals surface area contributed by atoms with Crippen LogP contribution < -0.4 is 5.32 Å². The third kappa shape index (κ3) is 2.48. The molecule has 3 heteroatoms. The summed E-state index contributed by atoms with van der Waals surface area (Å²) in [6, 6.07) is 7.24. The van der Waals surface area contributed by atoms with E-state index < -0.39 is 6.10 Å². The standard InChI is InChI=1S/C9H12ClNO/c1-11-6-9(12)7-3-2-4-8(10)5-7/h2-5,9,11-12H,6H2,1H3/t9-/m0/s1. The van der Waals surface area contributed by atoms with Crippen molar-refractivity contribution < 1.29 is 5.11 Å². The van der Waals surface area contributed by atoms with Gasteiger partial charge in [-0.2, -0.15) is 0 Å². The lowest BCUT2D eigenvalue weighted by atomic mass is 10.1. The lowest BCUT2D eigenvalue weighted by Gasteiger charge is -2.09. The zero-order chi connectivity index (χ0) is 8.97. The molecule has 0 aliphatic rings. The van der Waals surface area contributed by atoms with E-state index in [2.05, 4.69) is 5.32 Å². The summed E-state index contributed by atoms with van der Waals surface area (Å²) in [5.41, 5.74) is 0.844. The van der Waals surface area contributed by atoms with Crippen LogP contribution in [0.3, 0.4) is 0 Å². The SMILES string of the molecule is CNC[C@H](O)c1cccc(Cl)c1. The number of halogens is 1. The van der Waals surface area contributed by atoms with Gasteiger partial charge in [0.05, 0.1) is 6.10 Å². The molecule has 0 heterocycles. The number of hydrogen-bond donors (Lipinski definition) is 2. The Morgan fingerprint density at radius 1 is 1.58 bits per heavy atom. The van der Waals surface area contributed by atoms with Crippen LogP contribution in [0.25, 0.3) is 0 Å². The molecule has 0 unspecified atom stereocenters. The Hall–Kier alpha value is -0.570. The zero-order valence-corrected chi connectivity index (χ0v) is 7.67. The Bertz CT molecular complexity index is 252. The summed E-state index contributed by atoms with van der Waals surface area (Å²) in [7, 11) is 1.80. The van der Waals surface area contributed by atoms with E-state index in [0.717, 1.165) is 5.56 Å². The molecule has 1 atom stereocenters. The second-order valence-electron chi connectivity index (χ2n) is 2.63. The Kier molecular flexibility index (Phi) is 3.53. The van der Waals surface area contributed by atoms with Crippen molar-refractivity contribution in [3.63, 3.8) is 0 Å². The van der Waals surface area contributed by atoms with E-state index in [4.69, 9.17) is 11.6 Å². The molecule has 0 fully saturated rings. The van der Waals surface area contributed by atoms with Crippen molar-refractivity contribution in [2.24, 2.45) is 0 Å². The van der Waals surface area contributed by atoms with E-state index in [1.807, 2.05) is 12.1 Å². The van der Waals surface area contributed by atoms with Crippen LogP contribution in [-0.2, 0) is 0 Å². The monoisotopic (exact) mass is 185 g/mol. The van der Waals surface area contributed by atoms with E-state index in [-0.39, 0.29) is 0 Å². The molecule has 1 rings (SSSR count). The number of hydrogen-bond acceptors (Lipinski definition) is 2. The number of aliphatic hydroxyl groups excluding tert-OH is 1. The van der Waals surface area contributed by atoms with E-state index in [9.17, 15) is 5.11 Å². The smallest absolute Gasteiger partial charge is 0.0914 e. The molecule has 0 aliphatic carbocycles. The summed E-state index contributed by atoms with van der Waals surface area (Å²) in [6.07, 6.45) is -0.478. The molecule has 0 saturated carbocycles. The lowest BCUT2D eigenvalue weighted by Crippen LogP contribution is -2.16. The fourth-order valence-electron chi connectivity index (χ4n) is 1.03. The number of benzene rings is 1. The van der Waals surface area contributed by atoms with E-state index in [1.54, 1.807) is 19.2 Å². The van der Waals surface area contributed by atoms with Crippen molar-refractivity contribution in [2.45, 2.75) is 6.10 Å². The Labute approximate surface area is 77.2 Å². The zero-order valence-electron chi connectivity index (χ0n) is 6.92. The summed E-state index contributed by atoms with van der Waals surface area (Å²) < 4.78 is 0. The Morgan fingerprint density at radius 3 is 2.92 bits per heavy atom. The quantitative estimate of drug-likeness (QED) is 0.750. The van der Waals surface area contributed by atoms with Gasteiger partial charge in [0.25, 0.3) is 0 Å². The fourth-order valence-corrected chi connectivity index (χ4v) is 1.22. The maximum absolute atomic E-state index is 9.52. The van der Waals surface area contributed by atoms with Gasteiger partial charge in [0.15, 0.2) is 0 Å². The molecule has 0 bridgehead atoms. The van der Waals surface area contributed by atoms with E-state index in [0.29, 0.717) is 11.6 Å². The Morgan fingerprint density at radius 2 is 2.33 bits per heavy atom. The van der Waals surface area contributed by atoms with Gasteiger partial charge in [-0.05, 0) is 24.7 Å². The molecule has 1 aromatic rings. The van der Waals surface area contributed by atoms with Gasteiger partial charge < -0.3 is 10.4 Å². The second kappa shape index (κ2) is 4.45. The average molecular weight is 186 g/mol. The predicted molar refractivity (Wildman–Crippen MR) is 50.3 cm³/mol. The molecule has 1 aromatic carbocycles. The molecule has 0 amide bonds. The van der Waals surface area contributed by atoms with E-state index in [1.165, 1.54) is 0 Å². The highest BCUT2D eigenvalue weighted by molar-refractivity contribution is 6.30. The van der Waals surface area contributed by atoms with Gasteiger partial charge in [0.2, 0.25) is 0 Å². The van der Waals surface area contributed by atoms with Crippen molar-refractivity contribution in [2.75, 3.05) is 13.6 Å². The van der Waals surface area contributed by atoms with Crippen molar-refractivity contribution in [1.29, 1.82) is 0 Å². The third-order valence-corrected chi connectivity index (χ3v) is 1.87. The van der Waals surface area contributed by atoms with Gasteiger partial charge >= 0.3 is 0 Å². The van der Waals surface area contributed by atoms with Gasteiger partial charge in [0.1, 0.15) is 0 Å². The van der Waals surface area contributed by atoms with Crippen LogP contribution in [0.15, 0.2) is 24.3 Å². The first-order chi connectivity index (χ1) is 5.74. The third-order valence-electron chi connectivity index (χ3n) is 1.63. The molecule has 2 nitrogen and oxygen atoms in total. The van der Waals surface area contributed by atoms with Crippen molar-refractivity contribution in [1.82, 2.24) is 5.32 Å². The topological polar surface area (TPSA) is 32.3 Å². The highest BCUT2D eigenvalue weighted by Gasteiger charge is 2.05. The summed E-state index contributed by atoms with van der Waals surface area (Å²) in [5, 5.41) is 13.1. The molecule has 0 aliphatic heterocycles. The molecule has 0 spiro atoms. The normalized spacial score (nSPS) is 12.9. The van der Waals surface area contributed by atoms with Crippen LogP contribution in [0.1, 0.15) is 11.7 Å². The fraction of sp³-hybridized carbons (Fsp3) is 0.333. The van der Waals surface area contributed by atoms with Gasteiger partial charge in [0, 0.05) is 11.6 Å². The van der Waals surface area contributed by atoms with Gasteiger partial charge in [-0.1, -0.05) is 23.7 Å². The van der Waals surface area contributed by atoms with E-state index >= 15 is 0 Å². The summed E-state index contributed by atoms with van der Waals surface area (Å²) >= 11 is 5.76. The molecule has 0 aromatic heterocycles. The largest absolute Gasteiger partial charge is 0.387 e. The maximum atomic E-state index is 9.52.